The molecule has 1 amide bonds. The maximum absolute atomic E-state index is 12.4. The van der Waals surface area contributed by atoms with Gasteiger partial charge >= 0.3 is 0 Å². The van der Waals surface area contributed by atoms with Gasteiger partial charge in [-0.3, -0.25) is 9.59 Å². The lowest BCUT2D eigenvalue weighted by Gasteiger charge is -2.18. The Morgan fingerprint density at radius 3 is 2.54 bits per heavy atom. The van der Waals surface area contributed by atoms with Crippen LogP contribution in [0.25, 0.3) is 10.9 Å². The Kier molecular flexibility index (Phi) is 5.21. The predicted molar refractivity (Wildman–Crippen MR) is 107 cm³/mol. The van der Waals surface area contributed by atoms with E-state index in [9.17, 15) is 9.59 Å². The van der Waals surface area contributed by atoms with Gasteiger partial charge in [0.25, 0.3) is 5.56 Å². The number of hydrogen-bond acceptors (Lipinski definition) is 4. The van der Waals surface area contributed by atoms with Crippen LogP contribution < -0.4 is 20.3 Å². The van der Waals surface area contributed by atoms with Crippen molar-refractivity contribution in [1.29, 1.82) is 0 Å². The van der Waals surface area contributed by atoms with Crippen molar-refractivity contribution in [1.82, 2.24) is 10.3 Å². The molecule has 1 aliphatic rings. The first-order chi connectivity index (χ1) is 13.6. The van der Waals surface area contributed by atoms with Crippen molar-refractivity contribution in [2.45, 2.75) is 19.4 Å². The number of hydrogen-bond donors (Lipinski definition) is 2. The summed E-state index contributed by atoms with van der Waals surface area (Å²) in [7, 11) is 0. The van der Waals surface area contributed by atoms with E-state index in [-0.39, 0.29) is 17.9 Å². The third-order valence-electron chi connectivity index (χ3n) is 4.61. The number of carbonyl (C=O) groups is 1. The Labute approximate surface area is 166 Å². The molecule has 2 N–H and O–H groups in total. The number of fused-ring (bicyclic) bond motifs is 2. The van der Waals surface area contributed by atoms with Gasteiger partial charge in [-0.1, -0.05) is 23.7 Å². The second-order valence-corrected chi connectivity index (χ2v) is 7.05. The van der Waals surface area contributed by atoms with Crippen molar-refractivity contribution >= 4 is 28.4 Å². The van der Waals surface area contributed by atoms with Crippen molar-refractivity contribution in [3.63, 3.8) is 0 Å². The molecule has 6 nitrogen and oxygen atoms in total. The highest BCUT2D eigenvalue weighted by molar-refractivity contribution is 6.30. The summed E-state index contributed by atoms with van der Waals surface area (Å²) in [4.78, 5) is 27.4. The number of aromatic nitrogens is 1. The molecule has 0 saturated heterocycles. The average Bonchev–Trinajstić information content (AvgIpc) is 2.70. The number of rotatable bonds is 5. The number of aromatic amines is 1. The summed E-state index contributed by atoms with van der Waals surface area (Å²) in [5.74, 6) is 1.18. The van der Waals surface area contributed by atoms with Crippen LogP contribution in [0, 0.1) is 0 Å². The summed E-state index contributed by atoms with van der Waals surface area (Å²) in [6, 6.07) is 12.7. The van der Waals surface area contributed by atoms with Crippen molar-refractivity contribution in [2.75, 3.05) is 13.2 Å². The summed E-state index contributed by atoms with van der Waals surface area (Å²) in [6.07, 6.45) is 0.582. The first-order valence-electron chi connectivity index (χ1n) is 9.05. The molecule has 0 bridgehead atoms. The van der Waals surface area contributed by atoms with Crippen LogP contribution in [0.1, 0.15) is 17.5 Å². The summed E-state index contributed by atoms with van der Waals surface area (Å²) in [5.41, 5.74) is 2.01. The zero-order valence-electron chi connectivity index (χ0n) is 15.1. The topological polar surface area (TPSA) is 80.4 Å². The van der Waals surface area contributed by atoms with Crippen LogP contribution in [-0.2, 0) is 17.8 Å². The first-order valence-corrected chi connectivity index (χ1v) is 9.43. The van der Waals surface area contributed by atoms with Crippen LogP contribution in [0.15, 0.2) is 47.3 Å². The number of ether oxygens (including phenoxy) is 2. The third kappa shape index (κ3) is 4.12. The van der Waals surface area contributed by atoms with Gasteiger partial charge in [0.05, 0.1) is 5.52 Å². The van der Waals surface area contributed by atoms with Crippen molar-refractivity contribution in [2.24, 2.45) is 0 Å². The van der Waals surface area contributed by atoms with Crippen LogP contribution in [0.5, 0.6) is 11.5 Å². The molecule has 0 saturated carbocycles. The van der Waals surface area contributed by atoms with Gasteiger partial charge in [0.1, 0.15) is 13.2 Å². The molecule has 2 heterocycles. The minimum Gasteiger partial charge on any atom is -0.486 e. The van der Waals surface area contributed by atoms with Crippen molar-refractivity contribution in [3.8, 4) is 11.5 Å². The molecule has 0 fully saturated rings. The van der Waals surface area contributed by atoms with Gasteiger partial charge in [0, 0.05) is 35.0 Å². The summed E-state index contributed by atoms with van der Waals surface area (Å²) in [6.45, 7) is 1.42. The van der Waals surface area contributed by atoms with Crippen LogP contribution in [0.3, 0.4) is 0 Å². The van der Waals surface area contributed by atoms with E-state index in [2.05, 4.69) is 10.3 Å². The fraction of sp³-hybridized carbons (Fsp3) is 0.238. The van der Waals surface area contributed by atoms with E-state index in [0.717, 1.165) is 10.9 Å². The third-order valence-corrected chi connectivity index (χ3v) is 4.86. The van der Waals surface area contributed by atoms with Crippen molar-refractivity contribution in [3.05, 3.63) is 69.0 Å². The maximum atomic E-state index is 12.4. The van der Waals surface area contributed by atoms with Crippen LogP contribution in [-0.4, -0.2) is 24.1 Å². The Hall–Kier alpha value is -2.99. The maximum Gasteiger partial charge on any atom is 0.251 e. The minimum atomic E-state index is -0.199. The van der Waals surface area contributed by atoms with E-state index in [1.165, 1.54) is 0 Å². The number of nitrogens with one attached hydrogen (secondary N) is 2. The molecule has 4 rings (SSSR count). The molecule has 28 heavy (non-hydrogen) atoms. The molecular weight excluding hydrogens is 380 g/mol. The highest BCUT2D eigenvalue weighted by Crippen LogP contribution is 2.33. The second kappa shape index (κ2) is 7.94. The summed E-state index contributed by atoms with van der Waals surface area (Å²) >= 11 is 5.85. The molecule has 0 spiro atoms. The van der Waals surface area contributed by atoms with Gasteiger partial charge in [-0.2, -0.15) is 0 Å². The first kappa shape index (κ1) is 18.4. The molecule has 1 aromatic heterocycles. The van der Waals surface area contributed by atoms with E-state index >= 15 is 0 Å². The lowest BCUT2D eigenvalue weighted by Crippen LogP contribution is -2.24. The van der Waals surface area contributed by atoms with Gasteiger partial charge in [0.15, 0.2) is 11.5 Å². The molecule has 144 valence electrons. The number of H-pyrrole nitrogens is 1. The molecule has 0 unspecified atom stereocenters. The Bertz CT molecular complexity index is 1080. The number of halogens is 1. The number of aryl methyl sites for hydroxylation is 1. The van der Waals surface area contributed by atoms with Crippen LogP contribution >= 0.6 is 11.6 Å². The Morgan fingerprint density at radius 2 is 1.79 bits per heavy atom. The smallest absolute Gasteiger partial charge is 0.251 e. The zero-order valence-corrected chi connectivity index (χ0v) is 15.8. The normalized spacial score (nSPS) is 12.8. The zero-order chi connectivity index (χ0) is 19.5. The average molecular weight is 399 g/mol. The summed E-state index contributed by atoms with van der Waals surface area (Å²) < 4.78 is 11.1. The predicted octanol–water partition coefficient (Wildman–Crippen LogP) is 3.20. The SMILES string of the molecule is O=C(CCc1cc2cc3c(cc2[nH]c1=O)OCCO3)NCc1ccc(Cl)cc1. The lowest BCUT2D eigenvalue weighted by atomic mass is 10.1. The standard InChI is InChI=1S/C21H19ClN2O4/c22-16-4-1-13(2-5-16)12-23-20(25)6-3-14-9-15-10-18-19(28-8-7-27-18)11-17(15)24-21(14)26/h1-2,4-5,9-11H,3,6-8,12H2,(H,23,25)(H,24,26). The molecule has 3 aromatic rings. The van der Waals surface area contributed by atoms with E-state index in [1.54, 1.807) is 24.3 Å². The van der Waals surface area contributed by atoms with Gasteiger partial charge in [-0.25, -0.2) is 0 Å². The van der Waals surface area contributed by atoms with E-state index < -0.39 is 0 Å². The molecule has 1 aliphatic heterocycles. The van der Waals surface area contributed by atoms with Gasteiger partial charge < -0.3 is 19.8 Å². The molecule has 0 atom stereocenters. The molecule has 0 aliphatic carbocycles. The molecule has 0 radical (unpaired) electrons. The molecule has 7 heteroatoms. The molecule has 2 aromatic carbocycles. The van der Waals surface area contributed by atoms with Gasteiger partial charge in [-0.15, -0.1) is 0 Å². The van der Waals surface area contributed by atoms with Gasteiger partial charge in [-0.05, 0) is 36.2 Å². The number of pyridine rings is 1. The van der Waals surface area contributed by atoms with Crippen molar-refractivity contribution < 1.29 is 14.3 Å². The summed E-state index contributed by atoms with van der Waals surface area (Å²) in [5, 5.41) is 4.36. The fourth-order valence-corrected chi connectivity index (χ4v) is 3.24. The quantitative estimate of drug-likeness (QED) is 0.691. The Morgan fingerprint density at radius 1 is 1.07 bits per heavy atom. The minimum absolute atomic E-state index is 0.114. The highest BCUT2D eigenvalue weighted by Gasteiger charge is 2.14. The van der Waals surface area contributed by atoms with E-state index in [4.69, 9.17) is 21.1 Å². The number of amides is 1. The van der Waals surface area contributed by atoms with Crippen LogP contribution in [0.4, 0.5) is 0 Å². The highest BCUT2D eigenvalue weighted by atomic mass is 35.5. The lowest BCUT2D eigenvalue weighted by molar-refractivity contribution is -0.121. The number of carbonyl (C=O) groups excluding carboxylic acids is 1. The largest absolute Gasteiger partial charge is 0.486 e. The molecular formula is C21H19ClN2O4. The Balaban J connectivity index is 1.42. The number of benzene rings is 2. The van der Waals surface area contributed by atoms with E-state index in [0.29, 0.717) is 53.8 Å². The van der Waals surface area contributed by atoms with E-state index in [1.807, 2.05) is 18.2 Å². The van der Waals surface area contributed by atoms with Gasteiger partial charge in [0.2, 0.25) is 5.91 Å². The second-order valence-electron chi connectivity index (χ2n) is 6.61. The fourth-order valence-electron chi connectivity index (χ4n) is 3.11. The van der Waals surface area contributed by atoms with Crippen LogP contribution in [0.2, 0.25) is 5.02 Å². The monoisotopic (exact) mass is 398 g/mol.